The van der Waals surface area contributed by atoms with Gasteiger partial charge in [-0.05, 0) is 13.8 Å². The van der Waals surface area contributed by atoms with E-state index in [1.807, 2.05) is 0 Å². The van der Waals surface area contributed by atoms with Gasteiger partial charge in [0.1, 0.15) is 23.7 Å². The molecule has 11 heteroatoms. The van der Waals surface area contributed by atoms with Crippen LogP contribution in [0, 0.1) is 11.8 Å². The minimum Gasteiger partial charge on any atom is -0.507 e. The van der Waals surface area contributed by atoms with Crippen LogP contribution in [-0.2, 0) is 20.7 Å². The van der Waals surface area contributed by atoms with Gasteiger partial charge in [-0.3, -0.25) is 14.4 Å². The maximum absolute atomic E-state index is 13.6. The molecule has 0 spiro atoms. The Morgan fingerprint density at radius 2 is 1.89 bits per heavy atom. The van der Waals surface area contributed by atoms with Crippen LogP contribution in [0.4, 0.5) is 0 Å². The van der Waals surface area contributed by atoms with Gasteiger partial charge in [-0.1, -0.05) is 23.8 Å². The molecule has 1 heterocycles. The lowest BCUT2D eigenvalue weighted by Gasteiger charge is -2.42. The van der Waals surface area contributed by atoms with E-state index in [0.29, 0.717) is 5.57 Å². The highest BCUT2D eigenvalue weighted by Gasteiger charge is 2.52. The van der Waals surface area contributed by atoms with Gasteiger partial charge in [-0.2, -0.15) is 0 Å². The number of allylic oxidation sites excluding steroid dienone is 4. The van der Waals surface area contributed by atoms with E-state index in [2.05, 4.69) is 0 Å². The number of ketones is 3. The molecule has 8 atom stereocenters. The maximum atomic E-state index is 13.6. The number of phenols is 2. The second kappa shape index (κ2) is 9.37. The predicted molar refractivity (Wildman–Crippen MR) is 130 cm³/mol. The number of hydrogen-bond acceptors (Lipinski definition) is 11. The number of phenolic OH excluding ortho intramolecular Hbond substituents is 2. The largest absolute Gasteiger partial charge is 0.507 e. The minimum absolute atomic E-state index is 0.0406. The smallest absolute Gasteiger partial charge is 0.190 e. The van der Waals surface area contributed by atoms with E-state index in [-0.39, 0.29) is 28.7 Å². The molecule has 0 amide bonds. The van der Waals surface area contributed by atoms with Crippen LogP contribution in [0.5, 0.6) is 11.5 Å². The van der Waals surface area contributed by atoms with Gasteiger partial charge < -0.3 is 40.7 Å². The Morgan fingerprint density at radius 1 is 1.21 bits per heavy atom. The molecule has 0 saturated carbocycles. The highest BCUT2D eigenvalue weighted by Crippen LogP contribution is 2.53. The first-order valence-corrected chi connectivity index (χ1v) is 12.5. The summed E-state index contributed by atoms with van der Waals surface area (Å²) in [6.45, 7) is 2.30. The van der Waals surface area contributed by atoms with Crippen LogP contribution >= 0.6 is 0 Å². The third-order valence-electron chi connectivity index (χ3n) is 8.24. The Hall–Kier alpha value is -2.93. The van der Waals surface area contributed by atoms with Crippen LogP contribution in [0.1, 0.15) is 64.6 Å². The van der Waals surface area contributed by atoms with Crippen molar-refractivity contribution in [3.63, 3.8) is 0 Å². The second-order valence-electron chi connectivity index (χ2n) is 10.6. The first kappa shape index (κ1) is 26.7. The highest BCUT2D eigenvalue weighted by atomic mass is 16.7. The summed E-state index contributed by atoms with van der Waals surface area (Å²) in [5, 5.41) is 53.7. The molecule has 4 unspecified atom stereocenters. The summed E-state index contributed by atoms with van der Waals surface area (Å²) >= 11 is 0. The molecule has 1 aliphatic heterocycles. The Bertz CT molecular complexity index is 1270. The minimum atomic E-state index is -2.21. The van der Waals surface area contributed by atoms with E-state index in [4.69, 9.17) is 15.2 Å². The maximum Gasteiger partial charge on any atom is 0.190 e. The van der Waals surface area contributed by atoms with Crippen LogP contribution in [0.3, 0.4) is 0 Å². The SMILES string of the molecule is CC1=CC=CC2C(=O)c3c(O)c4c(c(O)c3C(=O)C12)[C@@H](O[C@@H]1CC(N)[C@@H](O)C(C)O1)C[C@](O)(C(=O)CO)C4. The zero-order valence-electron chi connectivity index (χ0n) is 21.0. The standard InChI is InChI=1S/C27H31NO10/c1-10-4-3-5-12-18(10)25(34)21-20(23(12)32)24(33)13-7-27(36,16(30)9-29)8-15(19(13)26(21)35)38-17-6-14(28)22(31)11(2)37-17/h3-5,11-12,14-15,17-18,22,29,31,33,35-36H,6-9,28H2,1-2H3/t11?,12?,14?,15-,17+,18?,22-,27-/m0/s1. The first-order valence-electron chi connectivity index (χ1n) is 12.5. The van der Waals surface area contributed by atoms with Gasteiger partial charge in [0.25, 0.3) is 0 Å². The number of aromatic hydroxyl groups is 2. The molecule has 3 aliphatic carbocycles. The summed E-state index contributed by atoms with van der Waals surface area (Å²) < 4.78 is 11.8. The first-order chi connectivity index (χ1) is 17.9. The van der Waals surface area contributed by atoms with Crippen molar-refractivity contribution in [3.8, 4) is 11.5 Å². The van der Waals surface area contributed by atoms with E-state index in [9.17, 15) is 39.9 Å². The molecule has 7 N–H and O–H groups in total. The summed E-state index contributed by atoms with van der Waals surface area (Å²) in [6, 6.07) is -0.708. The summed E-state index contributed by atoms with van der Waals surface area (Å²) in [5.74, 6) is -5.00. The molecule has 5 rings (SSSR count). The Balaban J connectivity index is 1.66. The molecule has 1 fully saturated rings. The van der Waals surface area contributed by atoms with E-state index in [0.717, 1.165) is 0 Å². The summed E-state index contributed by atoms with van der Waals surface area (Å²) in [7, 11) is 0. The fourth-order valence-corrected chi connectivity index (χ4v) is 6.16. The molecule has 1 saturated heterocycles. The van der Waals surface area contributed by atoms with E-state index >= 15 is 0 Å². The third kappa shape index (κ3) is 3.93. The van der Waals surface area contributed by atoms with Crippen molar-refractivity contribution in [2.45, 2.75) is 69.4 Å². The van der Waals surface area contributed by atoms with Gasteiger partial charge >= 0.3 is 0 Å². The molecule has 1 aromatic rings. The van der Waals surface area contributed by atoms with Gasteiger partial charge in [-0.25, -0.2) is 0 Å². The lowest BCUT2D eigenvalue weighted by Crippen LogP contribution is -2.53. The molecule has 11 nitrogen and oxygen atoms in total. The average molecular weight is 530 g/mol. The van der Waals surface area contributed by atoms with Crippen LogP contribution in [0.25, 0.3) is 0 Å². The number of aliphatic hydroxyl groups is 3. The third-order valence-corrected chi connectivity index (χ3v) is 8.24. The van der Waals surface area contributed by atoms with Crippen molar-refractivity contribution in [1.29, 1.82) is 0 Å². The van der Waals surface area contributed by atoms with Crippen molar-refractivity contribution >= 4 is 17.3 Å². The Morgan fingerprint density at radius 3 is 2.55 bits per heavy atom. The number of carbonyl (C=O) groups excluding carboxylic acids is 3. The van der Waals surface area contributed by atoms with Crippen LogP contribution < -0.4 is 5.73 Å². The Kier molecular flexibility index (Phi) is 6.57. The van der Waals surface area contributed by atoms with E-state index in [1.165, 1.54) is 0 Å². The number of rotatable bonds is 4. The van der Waals surface area contributed by atoms with Crippen molar-refractivity contribution in [2.75, 3.05) is 6.61 Å². The quantitative estimate of drug-likeness (QED) is 0.294. The number of carbonyl (C=O) groups is 3. The molecular weight excluding hydrogens is 498 g/mol. The highest BCUT2D eigenvalue weighted by molar-refractivity contribution is 6.20. The number of nitrogens with two attached hydrogens (primary N) is 1. The van der Waals surface area contributed by atoms with Crippen LogP contribution in [0.15, 0.2) is 23.8 Å². The monoisotopic (exact) mass is 529 g/mol. The van der Waals surface area contributed by atoms with Crippen molar-refractivity contribution in [3.05, 3.63) is 46.1 Å². The lowest BCUT2D eigenvalue weighted by molar-refractivity contribution is -0.247. The van der Waals surface area contributed by atoms with Gasteiger partial charge in [0, 0.05) is 36.4 Å². The van der Waals surface area contributed by atoms with Crippen LogP contribution in [0.2, 0.25) is 0 Å². The molecule has 0 aromatic heterocycles. The number of ether oxygens (including phenoxy) is 2. The normalized spacial score (nSPS) is 36.3. The predicted octanol–water partition coefficient (Wildman–Crippen LogP) is 0.345. The van der Waals surface area contributed by atoms with Gasteiger partial charge in [-0.15, -0.1) is 0 Å². The van der Waals surface area contributed by atoms with Crippen LogP contribution in [-0.4, -0.2) is 79.6 Å². The van der Waals surface area contributed by atoms with Gasteiger partial charge in [0.05, 0.1) is 41.3 Å². The van der Waals surface area contributed by atoms with E-state index < -0.39 is 96.4 Å². The van der Waals surface area contributed by atoms with Gasteiger partial charge in [0.2, 0.25) is 0 Å². The van der Waals surface area contributed by atoms with Crippen molar-refractivity contribution < 1.29 is 49.4 Å². The summed E-state index contributed by atoms with van der Waals surface area (Å²) in [6.07, 6.45) is 0.0109. The summed E-state index contributed by atoms with van der Waals surface area (Å²) in [5.41, 5.74) is 3.52. The molecule has 204 valence electrons. The number of benzene rings is 1. The summed E-state index contributed by atoms with van der Waals surface area (Å²) in [4.78, 5) is 39.7. The second-order valence-corrected chi connectivity index (χ2v) is 10.6. The number of fused-ring (bicyclic) bond motifs is 3. The fourth-order valence-electron chi connectivity index (χ4n) is 6.16. The molecular formula is C27H31NO10. The zero-order chi connectivity index (χ0) is 27.7. The fraction of sp³-hybridized carbons (Fsp3) is 0.519. The zero-order valence-corrected chi connectivity index (χ0v) is 21.0. The van der Waals surface area contributed by atoms with Gasteiger partial charge in [0.15, 0.2) is 23.6 Å². The van der Waals surface area contributed by atoms with E-state index in [1.54, 1.807) is 32.1 Å². The van der Waals surface area contributed by atoms with Crippen molar-refractivity contribution in [1.82, 2.24) is 0 Å². The molecule has 0 radical (unpaired) electrons. The lowest BCUT2D eigenvalue weighted by atomic mass is 9.66. The number of Topliss-reactive ketones (excluding diaryl/α,β-unsaturated/α-hetero) is 3. The molecule has 0 bridgehead atoms. The Labute approximate surface area is 218 Å². The molecule has 4 aliphatic rings. The topological polar surface area (TPSA) is 197 Å². The molecule has 38 heavy (non-hydrogen) atoms. The number of hydrogen-bond donors (Lipinski definition) is 6. The van der Waals surface area contributed by atoms with Crippen molar-refractivity contribution in [2.24, 2.45) is 17.6 Å². The molecule has 1 aromatic carbocycles. The number of aliphatic hydroxyl groups excluding tert-OH is 2. The average Bonchev–Trinajstić information content (AvgIpc) is 2.86.